The number of methoxy groups -OCH3 is 1. The monoisotopic (exact) mass is 335 g/mol. The van der Waals surface area contributed by atoms with Crippen LogP contribution >= 0.6 is 0 Å². The van der Waals surface area contributed by atoms with E-state index in [4.69, 9.17) is 14.2 Å². The molecule has 1 aliphatic rings. The number of para-hydroxylation sites is 2. The summed E-state index contributed by atoms with van der Waals surface area (Å²) in [6.45, 7) is 1.59. The zero-order valence-electron chi connectivity index (χ0n) is 14.2. The fourth-order valence-corrected chi connectivity index (χ4v) is 2.84. The zero-order chi connectivity index (χ0) is 17.4. The van der Waals surface area contributed by atoms with Crippen LogP contribution in [-0.2, 0) is 14.3 Å². The number of rotatable bonds is 7. The van der Waals surface area contributed by atoms with Crippen molar-refractivity contribution in [2.45, 2.75) is 38.6 Å². The van der Waals surface area contributed by atoms with Crippen LogP contribution in [0.2, 0.25) is 0 Å². The Labute approximate surface area is 142 Å². The third-order valence-electron chi connectivity index (χ3n) is 4.24. The van der Waals surface area contributed by atoms with Crippen molar-refractivity contribution in [1.82, 2.24) is 5.32 Å². The van der Waals surface area contributed by atoms with E-state index in [0.717, 1.165) is 19.3 Å². The summed E-state index contributed by atoms with van der Waals surface area (Å²) in [4.78, 5) is 23.6. The Kier molecular flexibility index (Phi) is 6.90. The molecule has 0 unspecified atom stereocenters. The molecular weight excluding hydrogens is 310 g/mol. The van der Waals surface area contributed by atoms with Gasteiger partial charge in [0.25, 0.3) is 5.91 Å². The lowest BCUT2D eigenvalue weighted by Gasteiger charge is -2.29. The SMILES string of the molecule is COc1ccccc1OCC(=O)OCC(=O)N[C@H]1CCCC[C@@H]1C. The first kappa shape index (κ1) is 18.1. The van der Waals surface area contributed by atoms with Gasteiger partial charge in [0.1, 0.15) is 0 Å². The smallest absolute Gasteiger partial charge is 0.344 e. The van der Waals surface area contributed by atoms with Gasteiger partial charge in [-0.2, -0.15) is 0 Å². The van der Waals surface area contributed by atoms with Gasteiger partial charge in [-0.25, -0.2) is 4.79 Å². The van der Waals surface area contributed by atoms with Crippen molar-refractivity contribution in [3.8, 4) is 11.5 Å². The summed E-state index contributed by atoms with van der Waals surface area (Å²) in [7, 11) is 1.52. The van der Waals surface area contributed by atoms with E-state index in [9.17, 15) is 9.59 Å². The zero-order valence-corrected chi connectivity index (χ0v) is 14.2. The van der Waals surface area contributed by atoms with Crippen LogP contribution in [0.4, 0.5) is 0 Å². The van der Waals surface area contributed by atoms with Crippen molar-refractivity contribution >= 4 is 11.9 Å². The fourth-order valence-electron chi connectivity index (χ4n) is 2.84. The van der Waals surface area contributed by atoms with Crippen molar-refractivity contribution in [2.24, 2.45) is 5.92 Å². The molecule has 2 atom stereocenters. The predicted octanol–water partition coefficient (Wildman–Crippen LogP) is 2.31. The molecular formula is C18H25NO5. The number of esters is 1. The van der Waals surface area contributed by atoms with E-state index in [1.165, 1.54) is 13.5 Å². The van der Waals surface area contributed by atoms with Crippen molar-refractivity contribution in [3.63, 3.8) is 0 Å². The standard InChI is InChI=1S/C18H25NO5/c1-13-7-3-4-8-14(13)19-17(20)11-24-18(21)12-23-16-10-6-5-9-15(16)22-2/h5-6,9-10,13-14H,3-4,7-8,11-12H2,1-2H3,(H,19,20)/t13-,14-/m0/s1. The molecule has 0 radical (unpaired) electrons. The highest BCUT2D eigenvalue weighted by molar-refractivity contribution is 5.81. The molecule has 1 aromatic carbocycles. The average molecular weight is 335 g/mol. The molecule has 0 aliphatic heterocycles. The lowest BCUT2D eigenvalue weighted by Crippen LogP contribution is -2.43. The molecule has 1 aromatic rings. The Bertz CT molecular complexity index is 560. The van der Waals surface area contributed by atoms with Crippen LogP contribution in [0.15, 0.2) is 24.3 Å². The Morgan fingerprint density at radius 2 is 1.83 bits per heavy atom. The van der Waals surface area contributed by atoms with Crippen molar-refractivity contribution in [3.05, 3.63) is 24.3 Å². The first-order chi connectivity index (χ1) is 11.6. The molecule has 1 amide bonds. The molecule has 0 heterocycles. The van der Waals surface area contributed by atoms with Crippen LogP contribution in [0.25, 0.3) is 0 Å². The minimum Gasteiger partial charge on any atom is -0.493 e. The molecule has 1 fully saturated rings. The largest absolute Gasteiger partial charge is 0.493 e. The molecule has 0 saturated heterocycles. The van der Waals surface area contributed by atoms with Crippen LogP contribution in [0.3, 0.4) is 0 Å². The third kappa shape index (κ3) is 5.44. The second-order valence-electron chi connectivity index (χ2n) is 6.04. The predicted molar refractivity (Wildman–Crippen MR) is 89.0 cm³/mol. The van der Waals surface area contributed by atoms with Gasteiger partial charge in [-0.3, -0.25) is 4.79 Å². The highest BCUT2D eigenvalue weighted by atomic mass is 16.6. The maximum Gasteiger partial charge on any atom is 0.344 e. The van der Waals surface area contributed by atoms with E-state index >= 15 is 0 Å². The maximum absolute atomic E-state index is 11.9. The lowest BCUT2D eigenvalue weighted by molar-refractivity contribution is -0.150. The van der Waals surface area contributed by atoms with Gasteiger partial charge in [0.15, 0.2) is 24.7 Å². The Morgan fingerprint density at radius 1 is 1.12 bits per heavy atom. The Balaban J connectivity index is 1.69. The van der Waals surface area contributed by atoms with Gasteiger partial charge >= 0.3 is 5.97 Å². The molecule has 2 rings (SSSR count). The number of carbonyl (C=O) groups excluding carboxylic acids is 2. The summed E-state index contributed by atoms with van der Waals surface area (Å²) in [5.74, 6) is 0.603. The number of benzene rings is 1. The average Bonchev–Trinajstić information content (AvgIpc) is 2.60. The molecule has 132 valence electrons. The van der Waals surface area contributed by atoms with Crippen molar-refractivity contribution < 1.29 is 23.8 Å². The summed E-state index contributed by atoms with van der Waals surface area (Å²) in [6.07, 6.45) is 4.44. The Morgan fingerprint density at radius 3 is 2.54 bits per heavy atom. The summed E-state index contributed by atoms with van der Waals surface area (Å²) in [6, 6.07) is 7.19. The highest BCUT2D eigenvalue weighted by Gasteiger charge is 2.23. The minimum atomic E-state index is -0.590. The normalized spacial score (nSPS) is 20.1. The summed E-state index contributed by atoms with van der Waals surface area (Å²) >= 11 is 0. The topological polar surface area (TPSA) is 73.9 Å². The minimum absolute atomic E-state index is 0.176. The number of nitrogens with one attached hydrogen (secondary N) is 1. The van der Waals surface area contributed by atoms with Crippen LogP contribution in [-0.4, -0.2) is 38.2 Å². The van der Waals surface area contributed by atoms with E-state index in [0.29, 0.717) is 17.4 Å². The molecule has 6 nitrogen and oxygen atoms in total. The fraction of sp³-hybridized carbons (Fsp3) is 0.556. The van der Waals surface area contributed by atoms with Crippen molar-refractivity contribution in [1.29, 1.82) is 0 Å². The molecule has 1 aliphatic carbocycles. The number of ether oxygens (including phenoxy) is 3. The van der Waals surface area contributed by atoms with E-state index in [-0.39, 0.29) is 25.2 Å². The highest BCUT2D eigenvalue weighted by Crippen LogP contribution is 2.25. The number of hydrogen-bond acceptors (Lipinski definition) is 5. The van der Waals surface area contributed by atoms with Gasteiger partial charge in [0.2, 0.25) is 0 Å². The van der Waals surface area contributed by atoms with Crippen LogP contribution in [0.1, 0.15) is 32.6 Å². The summed E-state index contributed by atoms with van der Waals surface area (Å²) < 4.78 is 15.4. The number of amides is 1. The molecule has 0 aromatic heterocycles. The van der Waals surface area contributed by atoms with E-state index in [1.54, 1.807) is 24.3 Å². The van der Waals surface area contributed by atoms with Crippen molar-refractivity contribution in [2.75, 3.05) is 20.3 Å². The second-order valence-corrected chi connectivity index (χ2v) is 6.04. The quantitative estimate of drug-likeness (QED) is 0.774. The van der Waals surface area contributed by atoms with Gasteiger partial charge in [-0.05, 0) is 30.9 Å². The molecule has 6 heteroatoms. The third-order valence-corrected chi connectivity index (χ3v) is 4.24. The van der Waals surface area contributed by atoms with Crippen LogP contribution in [0, 0.1) is 5.92 Å². The first-order valence-electron chi connectivity index (χ1n) is 8.31. The second kappa shape index (κ2) is 9.15. The van der Waals surface area contributed by atoms with E-state index < -0.39 is 5.97 Å². The number of carbonyl (C=O) groups is 2. The molecule has 0 spiro atoms. The number of hydrogen-bond donors (Lipinski definition) is 1. The summed E-state index contributed by atoms with van der Waals surface area (Å²) in [5, 5.41) is 2.94. The lowest BCUT2D eigenvalue weighted by atomic mass is 9.86. The summed E-state index contributed by atoms with van der Waals surface area (Å²) in [5.41, 5.74) is 0. The van der Waals surface area contributed by atoms with Gasteiger partial charge in [0.05, 0.1) is 7.11 Å². The Hall–Kier alpha value is -2.24. The van der Waals surface area contributed by atoms with Gasteiger partial charge < -0.3 is 19.5 Å². The molecule has 24 heavy (non-hydrogen) atoms. The van der Waals surface area contributed by atoms with Gasteiger partial charge in [-0.15, -0.1) is 0 Å². The first-order valence-corrected chi connectivity index (χ1v) is 8.31. The van der Waals surface area contributed by atoms with Crippen LogP contribution < -0.4 is 14.8 Å². The molecule has 1 N–H and O–H groups in total. The van der Waals surface area contributed by atoms with E-state index in [1.807, 2.05) is 0 Å². The van der Waals surface area contributed by atoms with Gasteiger partial charge in [-0.1, -0.05) is 31.9 Å². The van der Waals surface area contributed by atoms with E-state index in [2.05, 4.69) is 12.2 Å². The maximum atomic E-state index is 11.9. The van der Waals surface area contributed by atoms with Gasteiger partial charge in [0, 0.05) is 6.04 Å². The molecule has 0 bridgehead atoms. The van der Waals surface area contributed by atoms with Crippen LogP contribution in [0.5, 0.6) is 11.5 Å². The molecule has 1 saturated carbocycles.